The molecule has 0 bridgehead atoms. The van der Waals surface area contributed by atoms with Gasteiger partial charge in [0.25, 0.3) is 0 Å². The monoisotopic (exact) mass is 214 g/mol. The minimum Gasteiger partial charge on any atom is -0.391 e. The Morgan fingerprint density at radius 2 is 2.06 bits per heavy atom. The van der Waals surface area contributed by atoms with Crippen molar-refractivity contribution >= 4 is 10.9 Å². The van der Waals surface area contributed by atoms with E-state index in [-0.39, 0.29) is 6.04 Å². The van der Waals surface area contributed by atoms with E-state index in [1.165, 1.54) is 0 Å². The van der Waals surface area contributed by atoms with Crippen LogP contribution >= 0.6 is 0 Å². The summed E-state index contributed by atoms with van der Waals surface area (Å²) in [4.78, 5) is 0. The van der Waals surface area contributed by atoms with Crippen molar-refractivity contribution in [2.24, 2.45) is 0 Å². The van der Waals surface area contributed by atoms with Crippen LogP contribution in [0.25, 0.3) is 10.9 Å². The Morgan fingerprint density at radius 3 is 2.69 bits per heavy atom. The highest BCUT2D eigenvalue weighted by Gasteiger charge is 2.13. The van der Waals surface area contributed by atoms with E-state index in [1.807, 2.05) is 35.9 Å². The van der Waals surface area contributed by atoms with Gasteiger partial charge in [0.1, 0.15) is 0 Å². The third-order valence-corrected chi connectivity index (χ3v) is 2.99. The summed E-state index contributed by atoms with van der Waals surface area (Å²) in [5.41, 5.74) is 1.64. The minimum atomic E-state index is -0.415. The molecule has 2 aromatic rings. The Bertz CT molecular complexity index is 549. The topological polar surface area (TPSA) is 49.0 Å². The SMILES string of the molecule is CC(O)C(C)n1ccc2ccc(C#N)cc21. The number of nitrogens with zero attached hydrogens (tertiary/aromatic N) is 2. The van der Waals surface area contributed by atoms with Gasteiger partial charge in [-0.1, -0.05) is 6.07 Å². The number of nitriles is 1. The van der Waals surface area contributed by atoms with E-state index in [0.29, 0.717) is 5.56 Å². The molecule has 2 atom stereocenters. The van der Waals surface area contributed by atoms with Crippen molar-refractivity contribution in [3.63, 3.8) is 0 Å². The van der Waals surface area contributed by atoms with Gasteiger partial charge in [-0.25, -0.2) is 0 Å². The summed E-state index contributed by atoms with van der Waals surface area (Å²) < 4.78 is 2.00. The van der Waals surface area contributed by atoms with E-state index in [9.17, 15) is 5.11 Å². The van der Waals surface area contributed by atoms with Gasteiger partial charge in [-0.2, -0.15) is 5.26 Å². The molecule has 16 heavy (non-hydrogen) atoms. The number of benzene rings is 1. The van der Waals surface area contributed by atoms with Crippen LogP contribution in [0.3, 0.4) is 0 Å². The van der Waals surface area contributed by atoms with Crippen LogP contribution in [0.2, 0.25) is 0 Å². The quantitative estimate of drug-likeness (QED) is 0.834. The van der Waals surface area contributed by atoms with Crippen molar-refractivity contribution in [2.75, 3.05) is 0 Å². The second kappa shape index (κ2) is 3.99. The highest BCUT2D eigenvalue weighted by Crippen LogP contribution is 2.22. The maximum Gasteiger partial charge on any atom is 0.0992 e. The van der Waals surface area contributed by atoms with Gasteiger partial charge in [0.05, 0.1) is 23.8 Å². The molecular weight excluding hydrogens is 200 g/mol. The standard InChI is InChI=1S/C13H14N2O/c1-9(10(2)16)15-6-5-12-4-3-11(8-14)7-13(12)15/h3-7,9-10,16H,1-2H3. The molecule has 3 nitrogen and oxygen atoms in total. The van der Waals surface area contributed by atoms with Crippen LogP contribution in [-0.2, 0) is 0 Å². The summed E-state index contributed by atoms with van der Waals surface area (Å²) in [6.45, 7) is 3.73. The lowest BCUT2D eigenvalue weighted by atomic mass is 10.1. The van der Waals surface area contributed by atoms with Crippen molar-refractivity contribution in [1.82, 2.24) is 4.57 Å². The van der Waals surface area contributed by atoms with Crippen LogP contribution in [0.1, 0.15) is 25.5 Å². The van der Waals surface area contributed by atoms with Gasteiger partial charge in [-0.3, -0.25) is 0 Å². The largest absolute Gasteiger partial charge is 0.391 e. The summed E-state index contributed by atoms with van der Waals surface area (Å²) in [5.74, 6) is 0. The Balaban J connectivity index is 2.59. The van der Waals surface area contributed by atoms with Gasteiger partial charge in [-0.15, -0.1) is 0 Å². The second-order valence-electron chi connectivity index (χ2n) is 4.09. The minimum absolute atomic E-state index is 0.00597. The zero-order valence-electron chi connectivity index (χ0n) is 9.38. The molecule has 1 heterocycles. The van der Waals surface area contributed by atoms with E-state index >= 15 is 0 Å². The zero-order chi connectivity index (χ0) is 11.7. The van der Waals surface area contributed by atoms with Crippen molar-refractivity contribution in [3.05, 3.63) is 36.0 Å². The summed E-state index contributed by atoms with van der Waals surface area (Å²) >= 11 is 0. The van der Waals surface area contributed by atoms with Gasteiger partial charge in [0.15, 0.2) is 0 Å². The molecule has 2 rings (SSSR count). The molecule has 2 unspecified atom stereocenters. The van der Waals surface area contributed by atoms with Crippen LogP contribution in [0, 0.1) is 11.3 Å². The number of fused-ring (bicyclic) bond motifs is 1. The smallest absolute Gasteiger partial charge is 0.0992 e. The first-order valence-corrected chi connectivity index (χ1v) is 5.32. The predicted octanol–water partition coefficient (Wildman–Crippen LogP) is 2.45. The number of aromatic nitrogens is 1. The third-order valence-electron chi connectivity index (χ3n) is 2.99. The molecule has 1 N–H and O–H groups in total. The van der Waals surface area contributed by atoms with Crippen molar-refractivity contribution in [3.8, 4) is 6.07 Å². The number of rotatable bonds is 2. The third kappa shape index (κ3) is 1.68. The van der Waals surface area contributed by atoms with E-state index in [4.69, 9.17) is 5.26 Å². The highest BCUT2D eigenvalue weighted by molar-refractivity contribution is 5.81. The van der Waals surface area contributed by atoms with Crippen LogP contribution in [0.15, 0.2) is 30.5 Å². The average Bonchev–Trinajstić information content (AvgIpc) is 2.70. The van der Waals surface area contributed by atoms with Crippen LogP contribution in [0.4, 0.5) is 0 Å². The van der Waals surface area contributed by atoms with Gasteiger partial charge in [0.2, 0.25) is 0 Å². The van der Waals surface area contributed by atoms with Crippen molar-refractivity contribution in [1.29, 1.82) is 5.26 Å². The van der Waals surface area contributed by atoms with Crippen molar-refractivity contribution in [2.45, 2.75) is 26.0 Å². The fraction of sp³-hybridized carbons (Fsp3) is 0.308. The molecule has 0 amide bonds. The molecule has 1 aromatic heterocycles. The Morgan fingerprint density at radius 1 is 1.31 bits per heavy atom. The maximum atomic E-state index is 9.59. The van der Waals surface area contributed by atoms with E-state index in [0.717, 1.165) is 10.9 Å². The summed E-state index contributed by atoms with van der Waals surface area (Å²) in [7, 11) is 0. The van der Waals surface area contributed by atoms with E-state index in [2.05, 4.69) is 6.07 Å². The predicted molar refractivity (Wildman–Crippen MR) is 63.0 cm³/mol. The number of aliphatic hydroxyl groups is 1. The molecule has 0 radical (unpaired) electrons. The lowest BCUT2D eigenvalue weighted by Gasteiger charge is -2.18. The van der Waals surface area contributed by atoms with Gasteiger partial charge >= 0.3 is 0 Å². The molecule has 0 fully saturated rings. The fourth-order valence-corrected chi connectivity index (χ4v) is 1.81. The maximum absolute atomic E-state index is 9.59. The first-order valence-electron chi connectivity index (χ1n) is 5.32. The molecule has 82 valence electrons. The molecule has 0 aliphatic rings. The Hall–Kier alpha value is -1.79. The second-order valence-corrected chi connectivity index (χ2v) is 4.09. The zero-order valence-corrected chi connectivity index (χ0v) is 9.38. The molecule has 0 spiro atoms. The summed E-state index contributed by atoms with van der Waals surface area (Å²) in [6, 6.07) is 9.72. The first-order chi connectivity index (χ1) is 7.63. The number of hydrogen-bond donors (Lipinski definition) is 1. The summed E-state index contributed by atoms with van der Waals surface area (Å²) in [5, 5.41) is 19.5. The first kappa shape index (κ1) is 10.7. The molecule has 0 aliphatic carbocycles. The van der Waals surface area contributed by atoms with E-state index in [1.54, 1.807) is 13.0 Å². The lowest BCUT2D eigenvalue weighted by Crippen LogP contribution is -2.17. The average molecular weight is 214 g/mol. The van der Waals surface area contributed by atoms with Crippen LogP contribution in [-0.4, -0.2) is 15.8 Å². The highest BCUT2D eigenvalue weighted by atomic mass is 16.3. The van der Waals surface area contributed by atoms with Gasteiger partial charge in [0, 0.05) is 11.7 Å². The molecule has 3 heteroatoms. The molecule has 1 aromatic carbocycles. The number of aliphatic hydroxyl groups excluding tert-OH is 1. The Kier molecular flexibility index (Phi) is 2.67. The lowest BCUT2D eigenvalue weighted by molar-refractivity contribution is 0.141. The number of hydrogen-bond acceptors (Lipinski definition) is 2. The normalized spacial score (nSPS) is 14.6. The van der Waals surface area contributed by atoms with Crippen LogP contribution in [0.5, 0.6) is 0 Å². The van der Waals surface area contributed by atoms with Crippen LogP contribution < -0.4 is 0 Å². The molecular formula is C13H14N2O. The van der Waals surface area contributed by atoms with Crippen molar-refractivity contribution < 1.29 is 5.11 Å². The molecule has 0 saturated carbocycles. The van der Waals surface area contributed by atoms with Gasteiger partial charge < -0.3 is 9.67 Å². The van der Waals surface area contributed by atoms with E-state index < -0.39 is 6.10 Å². The molecule has 0 saturated heterocycles. The molecule has 0 aliphatic heterocycles. The Labute approximate surface area is 94.5 Å². The fourth-order valence-electron chi connectivity index (χ4n) is 1.81. The summed E-state index contributed by atoms with van der Waals surface area (Å²) in [6.07, 6.45) is 1.53. The van der Waals surface area contributed by atoms with Gasteiger partial charge in [-0.05, 0) is 37.4 Å².